The van der Waals surface area contributed by atoms with E-state index in [4.69, 9.17) is 15.9 Å². The van der Waals surface area contributed by atoms with E-state index in [1.165, 1.54) is 0 Å². The van der Waals surface area contributed by atoms with E-state index < -0.39 is 60.9 Å². The molecule has 1 amide bonds. The van der Waals surface area contributed by atoms with Gasteiger partial charge in [0.25, 0.3) is 0 Å². The zero-order valence-corrected chi connectivity index (χ0v) is 11.5. The Balaban J connectivity index is 3.19. The summed E-state index contributed by atoms with van der Waals surface area (Å²) in [4.78, 5) is 22.0. The number of ether oxygens (including phenoxy) is 1. The second-order valence-corrected chi connectivity index (χ2v) is 4.98. The van der Waals surface area contributed by atoms with Crippen molar-refractivity contribution in [3.8, 4) is 0 Å². The minimum Gasteiger partial charge on any atom is -0.477 e. The first kappa shape index (κ1) is 18.6. The Morgan fingerprint density at radius 2 is 2.00 bits per heavy atom. The number of aliphatic hydroxyl groups is 3. The molecule has 1 aliphatic heterocycles. The molecule has 7 N–H and O–H groups in total. The number of nitrogens with one attached hydrogen (secondary N) is 1. The van der Waals surface area contributed by atoms with Crippen molar-refractivity contribution in [3.63, 3.8) is 0 Å². The van der Waals surface area contributed by atoms with Gasteiger partial charge < -0.3 is 36.2 Å². The van der Waals surface area contributed by atoms with E-state index in [9.17, 15) is 28.6 Å². The molecule has 1 fully saturated rings. The molecule has 0 aromatic rings. The van der Waals surface area contributed by atoms with E-state index >= 15 is 0 Å². The van der Waals surface area contributed by atoms with Crippen molar-refractivity contribution in [1.82, 2.24) is 5.32 Å². The van der Waals surface area contributed by atoms with Crippen LogP contribution in [0.15, 0.2) is 0 Å². The molecule has 0 aromatic heterocycles. The number of hydrogen-bond donors (Lipinski definition) is 6. The standard InChI is InChI=1S/C11H18F2N2O7/c1-3(17)15-6-5(14)9(12)11(13,10(20)21)22-8(6)7(19)4(18)2-16/h4-9,16,18-19H,2,14H2,1H3,(H,15,17)(H,20,21)/t4-,5+,6+,7-,8+,9+,11+/m0/s1. The molecule has 0 aliphatic carbocycles. The first-order valence-corrected chi connectivity index (χ1v) is 6.30. The average Bonchev–Trinajstić information content (AvgIpc) is 2.45. The van der Waals surface area contributed by atoms with Crippen molar-refractivity contribution in [2.24, 2.45) is 5.73 Å². The van der Waals surface area contributed by atoms with Crippen LogP contribution in [0.2, 0.25) is 0 Å². The number of carbonyl (C=O) groups excluding carboxylic acids is 1. The van der Waals surface area contributed by atoms with Crippen LogP contribution in [0.1, 0.15) is 6.92 Å². The van der Waals surface area contributed by atoms with E-state index in [2.05, 4.69) is 10.1 Å². The normalized spacial score (nSPS) is 38.1. The third-order valence-electron chi connectivity index (χ3n) is 3.35. The quantitative estimate of drug-likeness (QED) is 0.311. The lowest BCUT2D eigenvalue weighted by molar-refractivity contribution is -0.276. The van der Waals surface area contributed by atoms with Crippen LogP contribution < -0.4 is 11.1 Å². The van der Waals surface area contributed by atoms with Crippen molar-refractivity contribution in [3.05, 3.63) is 0 Å². The number of halogens is 2. The average molecular weight is 328 g/mol. The van der Waals surface area contributed by atoms with Gasteiger partial charge >= 0.3 is 11.8 Å². The molecule has 0 radical (unpaired) electrons. The molecule has 7 atom stereocenters. The maximum absolute atomic E-state index is 14.2. The van der Waals surface area contributed by atoms with Gasteiger partial charge in [0.05, 0.1) is 18.7 Å². The number of nitrogens with two attached hydrogens (primary N) is 1. The molecule has 0 bridgehead atoms. The molecule has 1 rings (SSSR count). The van der Waals surface area contributed by atoms with Crippen LogP contribution >= 0.6 is 0 Å². The number of aliphatic hydroxyl groups excluding tert-OH is 3. The largest absolute Gasteiger partial charge is 0.477 e. The van der Waals surface area contributed by atoms with Crippen LogP contribution in [-0.4, -0.2) is 81.3 Å². The summed E-state index contributed by atoms with van der Waals surface area (Å²) >= 11 is 0. The molecule has 0 saturated carbocycles. The van der Waals surface area contributed by atoms with E-state index in [1.54, 1.807) is 0 Å². The van der Waals surface area contributed by atoms with Crippen LogP contribution in [0.25, 0.3) is 0 Å². The molecule has 0 aromatic carbocycles. The summed E-state index contributed by atoms with van der Waals surface area (Å²) in [7, 11) is 0. The number of hydrogen-bond acceptors (Lipinski definition) is 7. The summed E-state index contributed by atoms with van der Waals surface area (Å²) in [6.07, 6.45) is -8.59. The van der Waals surface area contributed by atoms with Gasteiger partial charge in [-0.05, 0) is 0 Å². The van der Waals surface area contributed by atoms with Crippen LogP contribution in [0.4, 0.5) is 8.78 Å². The molecular weight excluding hydrogens is 310 g/mol. The van der Waals surface area contributed by atoms with Crippen LogP contribution in [0, 0.1) is 0 Å². The molecule has 1 heterocycles. The maximum Gasteiger partial charge on any atom is 0.372 e. The first-order valence-electron chi connectivity index (χ1n) is 6.30. The molecule has 1 saturated heterocycles. The van der Waals surface area contributed by atoms with E-state index in [1.807, 2.05) is 0 Å². The van der Waals surface area contributed by atoms with Gasteiger partial charge in [0, 0.05) is 6.92 Å². The number of alkyl halides is 2. The highest BCUT2D eigenvalue weighted by Crippen LogP contribution is 2.34. The van der Waals surface area contributed by atoms with Gasteiger partial charge in [-0.2, -0.15) is 4.39 Å². The maximum atomic E-state index is 14.2. The Hall–Kier alpha value is -1.40. The summed E-state index contributed by atoms with van der Waals surface area (Å²) in [5.74, 6) is -6.91. The third kappa shape index (κ3) is 3.33. The highest BCUT2D eigenvalue weighted by atomic mass is 19.2. The zero-order chi connectivity index (χ0) is 17.2. The fourth-order valence-corrected chi connectivity index (χ4v) is 2.18. The summed E-state index contributed by atoms with van der Waals surface area (Å²) in [5.41, 5.74) is 5.43. The van der Waals surface area contributed by atoms with Crippen LogP contribution in [-0.2, 0) is 14.3 Å². The predicted octanol–water partition coefficient (Wildman–Crippen LogP) is -2.98. The number of amides is 1. The van der Waals surface area contributed by atoms with E-state index in [-0.39, 0.29) is 0 Å². The lowest BCUT2D eigenvalue weighted by Gasteiger charge is -2.45. The van der Waals surface area contributed by atoms with Gasteiger partial charge in [0.1, 0.15) is 18.3 Å². The Kier molecular flexibility index (Phi) is 5.76. The van der Waals surface area contributed by atoms with Crippen molar-refractivity contribution >= 4 is 11.9 Å². The van der Waals surface area contributed by atoms with Crippen molar-refractivity contribution in [1.29, 1.82) is 0 Å². The van der Waals surface area contributed by atoms with Crippen molar-refractivity contribution in [2.45, 2.75) is 49.3 Å². The minimum atomic E-state index is -3.87. The number of carboxylic acid groups (broad SMARTS) is 1. The summed E-state index contributed by atoms with van der Waals surface area (Å²) in [5, 5.41) is 38.9. The van der Waals surface area contributed by atoms with Gasteiger partial charge in [-0.3, -0.25) is 4.79 Å². The molecule has 0 unspecified atom stereocenters. The fourth-order valence-electron chi connectivity index (χ4n) is 2.18. The van der Waals surface area contributed by atoms with Crippen LogP contribution in [0.5, 0.6) is 0 Å². The molecule has 1 aliphatic rings. The summed E-state index contributed by atoms with van der Waals surface area (Å²) < 4.78 is 32.6. The Morgan fingerprint density at radius 3 is 2.41 bits per heavy atom. The lowest BCUT2D eigenvalue weighted by Crippen LogP contribution is -2.73. The van der Waals surface area contributed by atoms with Gasteiger partial charge in [-0.15, -0.1) is 0 Å². The van der Waals surface area contributed by atoms with Crippen LogP contribution in [0.3, 0.4) is 0 Å². The highest BCUT2D eigenvalue weighted by molar-refractivity contribution is 5.77. The van der Waals surface area contributed by atoms with Crippen molar-refractivity contribution < 1.29 is 43.5 Å². The topological polar surface area (TPSA) is 162 Å². The van der Waals surface area contributed by atoms with Gasteiger partial charge in [-0.1, -0.05) is 0 Å². The van der Waals surface area contributed by atoms with Gasteiger partial charge in [-0.25, -0.2) is 9.18 Å². The second kappa shape index (κ2) is 6.79. The Labute approximate surface area is 123 Å². The molecule has 22 heavy (non-hydrogen) atoms. The van der Waals surface area contributed by atoms with E-state index in [0.29, 0.717) is 0 Å². The molecule has 11 heteroatoms. The van der Waals surface area contributed by atoms with Gasteiger partial charge in [0.15, 0.2) is 6.17 Å². The SMILES string of the molecule is CC(=O)N[C@@H]1[C@@H](N)[C@@H](F)[C@](F)(C(=O)O)O[C@H]1[C@@H](O)[C@@H](O)CO. The molecular formula is C11H18F2N2O7. The Bertz CT molecular complexity index is 441. The van der Waals surface area contributed by atoms with Crippen molar-refractivity contribution in [2.75, 3.05) is 6.61 Å². The summed E-state index contributed by atoms with van der Waals surface area (Å²) in [6.45, 7) is 0.0643. The minimum absolute atomic E-state index is 0.728. The third-order valence-corrected chi connectivity index (χ3v) is 3.35. The fraction of sp³-hybridized carbons (Fsp3) is 0.818. The first-order chi connectivity index (χ1) is 10.1. The van der Waals surface area contributed by atoms with E-state index in [0.717, 1.165) is 6.92 Å². The number of carboxylic acids is 1. The molecule has 128 valence electrons. The number of carbonyl (C=O) groups is 2. The second-order valence-electron chi connectivity index (χ2n) is 4.98. The van der Waals surface area contributed by atoms with Gasteiger partial charge in [0.2, 0.25) is 5.91 Å². The molecule has 9 nitrogen and oxygen atoms in total. The Morgan fingerprint density at radius 1 is 1.45 bits per heavy atom. The highest BCUT2D eigenvalue weighted by Gasteiger charge is 2.62. The zero-order valence-electron chi connectivity index (χ0n) is 11.5. The molecule has 0 spiro atoms. The number of aliphatic carboxylic acids is 1. The smallest absolute Gasteiger partial charge is 0.372 e. The monoisotopic (exact) mass is 328 g/mol. The summed E-state index contributed by atoms with van der Waals surface area (Å²) in [6, 6.07) is -3.39. The predicted molar refractivity (Wildman–Crippen MR) is 65.9 cm³/mol. The number of rotatable bonds is 5. The lowest BCUT2D eigenvalue weighted by atomic mass is 9.86.